The summed E-state index contributed by atoms with van der Waals surface area (Å²) in [6.45, 7) is 4.31. The molecule has 1 aliphatic carbocycles. The lowest BCUT2D eigenvalue weighted by Crippen LogP contribution is -2.55. The van der Waals surface area contributed by atoms with E-state index in [0.29, 0.717) is 12.0 Å². The predicted octanol–water partition coefficient (Wildman–Crippen LogP) is 4.23. The standard InChI is InChI=1S/C17H25NO2S/c1-11-7-10-16(21-11)12(2)18-14-6-4-3-5-13(14)8-9-15(18)17(19)20/h7,10,12-15H,3-6,8-9H2,1-2H3,(H,19,20). The van der Waals surface area contributed by atoms with Crippen molar-refractivity contribution >= 4 is 17.3 Å². The fourth-order valence-corrected chi connectivity index (χ4v) is 5.24. The molecule has 0 amide bonds. The molecule has 3 rings (SSSR count). The van der Waals surface area contributed by atoms with Gasteiger partial charge < -0.3 is 5.11 Å². The van der Waals surface area contributed by atoms with Gasteiger partial charge in [-0.1, -0.05) is 12.8 Å². The van der Waals surface area contributed by atoms with E-state index in [2.05, 4.69) is 30.9 Å². The van der Waals surface area contributed by atoms with E-state index >= 15 is 0 Å². The smallest absolute Gasteiger partial charge is 0.320 e. The van der Waals surface area contributed by atoms with Gasteiger partial charge in [-0.25, -0.2) is 0 Å². The van der Waals surface area contributed by atoms with Crippen LogP contribution in [0, 0.1) is 12.8 Å². The lowest BCUT2D eigenvalue weighted by Gasteiger charge is -2.49. The normalized spacial score (nSPS) is 31.6. The quantitative estimate of drug-likeness (QED) is 0.908. The summed E-state index contributed by atoms with van der Waals surface area (Å²) < 4.78 is 0. The third-order valence-electron chi connectivity index (χ3n) is 5.33. The van der Waals surface area contributed by atoms with Crippen LogP contribution in [0.4, 0.5) is 0 Å². The highest BCUT2D eigenvalue weighted by Gasteiger charge is 2.43. The lowest BCUT2D eigenvalue weighted by atomic mass is 9.75. The van der Waals surface area contributed by atoms with Gasteiger partial charge >= 0.3 is 5.97 Å². The largest absolute Gasteiger partial charge is 0.480 e. The van der Waals surface area contributed by atoms with Crippen molar-refractivity contribution < 1.29 is 9.90 Å². The second-order valence-corrected chi connectivity index (χ2v) is 7.93. The summed E-state index contributed by atoms with van der Waals surface area (Å²) in [6, 6.07) is 4.70. The van der Waals surface area contributed by atoms with Crippen LogP contribution in [0.1, 0.15) is 61.2 Å². The number of carboxylic acid groups (broad SMARTS) is 1. The van der Waals surface area contributed by atoms with E-state index in [1.807, 2.05) is 11.3 Å². The maximum absolute atomic E-state index is 11.7. The Labute approximate surface area is 131 Å². The molecule has 1 aliphatic heterocycles. The van der Waals surface area contributed by atoms with Crippen molar-refractivity contribution in [2.24, 2.45) is 5.92 Å². The van der Waals surface area contributed by atoms with Crippen molar-refractivity contribution in [3.8, 4) is 0 Å². The van der Waals surface area contributed by atoms with Crippen molar-refractivity contribution in [1.82, 2.24) is 4.90 Å². The molecular weight excluding hydrogens is 282 g/mol. The average molecular weight is 307 g/mol. The fourth-order valence-electron chi connectivity index (χ4n) is 4.30. The lowest BCUT2D eigenvalue weighted by molar-refractivity contribution is -0.150. The van der Waals surface area contributed by atoms with Crippen LogP contribution < -0.4 is 0 Å². The Kier molecular flexibility index (Phi) is 4.36. The molecule has 0 bridgehead atoms. The molecule has 1 saturated carbocycles. The van der Waals surface area contributed by atoms with Gasteiger partial charge in [0.25, 0.3) is 0 Å². The first kappa shape index (κ1) is 15.0. The van der Waals surface area contributed by atoms with Gasteiger partial charge in [0, 0.05) is 21.8 Å². The minimum atomic E-state index is -0.640. The molecule has 4 atom stereocenters. The van der Waals surface area contributed by atoms with E-state index in [-0.39, 0.29) is 12.1 Å². The molecule has 0 radical (unpaired) electrons. The van der Waals surface area contributed by atoms with Crippen molar-refractivity contribution in [3.63, 3.8) is 0 Å². The fraction of sp³-hybridized carbons (Fsp3) is 0.706. The first-order valence-electron chi connectivity index (χ1n) is 8.14. The molecule has 4 heteroatoms. The SMILES string of the molecule is Cc1ccc(C(C)N2C(C(=O)O)CCC3CCCCC32)s1. The highest BCUT2D eigenvalue weighted by atomic mass is 32.1. The monoisotopic (exact) mass is 307 g/mol. The number of rotatable bonds is 3. The van der Waals surface area contributed by atoms with Gasteiger partial charge in [0.05, 0.1) is 0 Å². The minimum absolute atomic E-state index is 0.218. The van der Waals surface area contributed by atoms with Crippen molar-refractivity contribution in [2.45, 2.75) is 70.5 Å². The summed E-state index contributed by atoms with van der Waals surface area (Å²) in [6.07, 6.45) is 6.92. The molecule has 2 fully saturated rings. The molecular formula is C17H25NO2S. The van der Waals surface area contributed by atoms with E-state index in [4.69, 9.17) is 0 Å². The van der Waals surface area contributed by atoms with Gasteiger partial charge in [-0.15, -0.1) is 11.3 Å². The summed E-state index contributed by atoms with van der Waals surface area (Å²) in [5.41, 5.74) is 0. The Morgan fingerprint density at radius 2 is 2.05 bits per heavy atom. The molecule has 0 spiro atoms. The van der Waals surface area contributed by atoms with E-state index in [0.717, 1.165) is 12.8 Å². The number of likely N-dealkylation sites (tertiary alicyclic amines) is 1. The van der Waals surface area contributed by atoms with Crippen LogP contribution in [0.3, 0.4) is 0 Å². The molecule has 1 N–H and O–H groups in total. The van der Waals surface area contributed by atoms with Gasteiger partial charge in [-0.05, 0) is 57.6 Å². The topological polar surface area (TPSA) is 40.5 Å². The molecule has 0 aromatic carbocycles. The Morgan fingerprint density at radius 1 is 1.29 bits per heavy atom. The number of piperidine rings is 1. The van der Waals surface area contributed by atoms with Crippen LogP contribution >= 0.6 is 11.3 Å². The highest BCUT2D eigenvalue weighted by molar-refractivity contribution is 7.12. The van der Waals surface area contributed by atoms with Gasteiger partial charge in [-0.3, -0.25) is 9.69 Å². The van der Waals surface area contributed by atoms with Crippen LogP contribution in [-0.4, -0.2) is 28.1 Å². The van der Waals surface area contributed by atoms with Crippen molar-refractivity contribution in [1.29, 1.82) is 0 Å². The molecule has 2 heterocycles. The number of nitrogens with zero attached hydrogens (tertiary/aromatic N) is 1. The van der Waals surface area contributed by atoms with Gasteiger partial charge in [0.1, 0.15) is 6.04 Å². The number of fused-ring (bicyclic) bond motifs is 1. The minimum Gasteiger partial charge on any atom is -0.480 e. The molecule has 2 aliphatic rings. The van der Waals surface area contributed by atoms with Crippen molar-refractivity contribution in [2.75, 3.05) is 0 Å². The van der Waals surface area contributed by atoms with Crippen LogP contribution in [0.15, 0.2) is 12.1 Å². The maximum Gasteiger partial charge on any atom is 0.320 e. The predicted molar refractivity (Wildman–Crippen MR) is 85.7 cm³/mol. The second-order valence-electron chi connectivity index (χ2n) is 6.61. The van der Waals surface area contributed by atoms with Gasteiger partial charge in [-0.2, -0.15) is 0 Å². The summed E-state index contributed by atoms with van der Waals surface area (Å²) in [7, 11) is 0. The molecule has 3 nitrogen and oxygen atoms in total. The number of carbonyl (C=O) groups is 1. The third kappa shape index (κ3) is 2.88. The average Bonchev–Trinajstić information content (AvgIpc) is 2.91. The Bertz CT molecular complexity index is 513. The van der Waals surface area contributed by atoms with E-state index in [1.54, 1.807) is 0 Å². The zero-order valence-corrected chi connectivity index (χ0v) is 13.7. The zero-order valence-electron chi connectivity index (χ0n) is 12.9. The van der Waals surface area contributed by atoms with Gasteiger partial charge in [0.2, 0.25) is 0 Å². The molecule has 1 aromatic rings. The van der Waals surface area contributed by atoms with E-state index < -0.39 is 5.97 Å². The van der Waals surface area contributed by atoms with E-state index in [9.17, 15) is 9.90 Å². The zero-order chi connectivity index (χ0) is 15.0. The maximum atomic E-state index is 11.7. The molecule has 21 heavy (non-hydrogen) atoms. The number of carboxylic acids is 1. The molecule has 1 saturated heterocycles. The first-order chi connectivity index (χ1) is 10.1. The third-order valence-corrected chi connectivity index (χ3v) is 6.50. The Morgan fingerprint density at radius 3 is 2.71 bits per heavy atom. The number of thiophene rings is 1. The second kappa shape index (κ2) is 6.09. The first-order valence-corrected chi connectivity index (χ1v) is 8.96. The van der Waals surface area contributed by atoms with Crippen LogP contribution in [0.2, 0.25) is 0 Å². The van der Waals surface area contributed by atoms with Crippen LogP contribution in [0.25, 0.3) is 0 Å². The molecule has 4 unspecified atom stereocenters. The van der Waals surface area contributed by atoms with Crippen LogP contribution in [-0.2, 0) is 4.79 Å². The molecule has 116 valence electrons. The van der Waals surface area contributed by atoms with E-state index in [1.165, 1.54) is 35.4 Å². The Hall–Kier alpha value is -0.870. The van der Waals surface area contributed by atoms with Crippen molar-refractivity contribution in [3.05, 3.63) is 21.9 Å². The van der Waals surface area contributed by atoms with Crippen LogP contribution in [0.5, 0.6) is 0 Å². The van der Waals surface area contributed by atoms with Gasteiger partial charge in [0.15, 0.2) is 0 Å². The summed E-state index contributed by atoms with van der Waals surface area (Å²) in [5.74, 6) is 0.0667. The highest BCUT2D eigenvalue weighted by Crippen LogP contribution is 2.43. The number of hydrogen-bond acceptors (Lipinski definition) is 3. The summed E-state index contributed by atoms with van der Waals surface area (Å²) in [4.78, 5) is 16.7. The summed E-state index contributed by atoms with van der Waals surface area (Å²) in [5, 5.41) is 9.66. The number of aryl methyl sites for hydroxylation is 1. The number of aliphatic carboxylic acids is 1. The summed E-state index contributed by atoms with van der Waals surface area (Å²) >= 11 is 1.81. The Balaban J connectivity index is 1.90. The molecule has 1 aromatic heterocycles. The number of hydrogen-bond donors (Lipinski definition) is 1.